The summed E-state index contributed by atoms with van der Waals surface area (Å²) in [7, 11) is 0. The number of thiophene rings is 1. The molecule has 206 valence electrons. The number of nitrogens with zero attached hydrogens (tertiary/aromatic N) is 3. The predicted molar refractivity (Wildman–Crippen MR) is 186 cm³/mol. The maximum Gasteiger partial charge on any atom is 0.160 e. The minimum absolute atomic E-state index is 0.740. The Hall–Kier alpha value is -5.58. The third-order valence-electron chi connectivity index (χ3n) is 8.43. The van der Waals surface area contributed by atoms with Gasteiger partial charge in [-0.15, -0.1) is 11.3 Å². The zero-order valence-electron chi connectivity index (χ0n) is 23.7. The van der Waals surface area contributed by atoms with Crippen molar-refractivity contribution < 1.29 is 0 Å². The molecule has 0 aliphatic rings. The fourth-order valence-electron chi connectivity index (χ4n) is 6.41. The first-order chi connectivity index (χ1) is 21.8. The van der Waals surface area contributed by atoms with E-state index in [1.54, 1.807) is 11.3 Å². The molecule has 0 aliphatic carbocycles. The van der Waals surface area contributed by atoms with Gasteiger partial charge < -0.3 is 4.57 Å². The highest BCUT2D eigenvalue weighted by atomic mass is 32.1. The predicted octanol–water partition coefficient (Wildman–Crippen LogP) is 10.9. The van der Waals surface area contributed by atoms with Crippen LogP contribution in [0.5, 0.6) is 0 Å². The second-order valence-corrected chi connectivity index (χ2v) is 12.1. The second-order valence-electron chi connectivity index (χ2n) is 11.0. The number of hydrogen-bond donors (Lipinski definition) is 0. The van der Waals surface area contributed by atoms with Gasteiger partial charge in [-0.1, -0.05) is 121 Å². The molecule has 3 heterocycles. The van der Waals surface area contributed by atoms with Crippen molar-refractivity contribution in [3.63, 3.8) is 0 Å². The molecule has 6 aromatic carbocycles. The molecule has 0 aliphatic heterocycles. The van der Waals surface area contributed by atoms with E-state index < -0.39 is 0 Å². The van der Waals surface area contributed by atoms with Crippen molar-refractivity contribution in [2.24, 2.45) is 0 Å². The highest BCUT2D eigenvalue weighted by Gasteiger charge is 2.21. The average molecular weight is 580 g/mol. The van der Waals surface area contributed by atoms with Gasteiger partial charge in [0.2, 0.25) is 0 Å². The number of benzene rings is 6. The molecule has 0 unspecified atom stereocenters. The van der Waals surface area contributed by atoms with Gasteiger partial charge in [-0.05, 0) is 41.5 Å². The molecule has 0 saturated heterocycles. The lowest BCUT2D eigenvalue weighted by Crippen LogP contribution is -1.94. The summed E-state index contributed by atoms with van der Waals surface area (Å²) in [5, 5.41) is 3.65. The van der Waals surface area contributed by atoms with Crippen LogP contribution in [-0.4, -0.2) is 14.5 Å². The Bertz CT molecular complexity index is 2460. The summed E-state index contributed by atoms with van der Waals surface area (Å²) in [5.41, 5.74) is 9.98. The van der Waals surface area contributed by atoms with Crippen LogP contribution in [0.2, 0.25) is 0 Å². The first-order valence-corrected chi connectivity index (χ1v) is 15.6. The topological polar surface area (TPSA) is 30.7 Å². The van der Waals surface area contributed by atoms with Crippen LogP contribution in [0.3, 0.4) is 0 Å². The van der Waals surface area contributed by atoms with Crippen molar-refractivity contribution >= 4 is 53.4 Å². The van der Waals surface area contributed by atoms with Crippen LogP contribution in [0.1, 0.15) is 0 Å². The molecular formula is C40H25N3S. The van der Waals surface area contributed by atoms with Crippen molar-refractivity contribution in [3.8, 4) is 39.5 Å². The van der Waals surface area contributed by atoms with E-state index in [0.29, 0.717) is 0 Å². The van der Waals surface area contributed by atoms with E-state index in [1.807, 2.05) is 6.07 Å². The third kappa shape index (κ3) is 3.89. The highest BCUT2D eigenvalue weighted by Crippen LogP contribution is 2.45. The Kier molecular flexibility index (Phi) is 5.68. The average Bonchev–Trinajstić information content (AvgIpc) is 3.65. The standard InChI is InChI=1S/C40H25N3S/c1-4-12-26(13-5-1)27-20-22-28(23-21-27)37-39-38(42-40(41-37)29-14-6-2-7-15-29)36-34(44-39)25-24-33-35(36)31-18-10-11-19-32(31)43(33)30-16-8-3-9-17-30/h1-25H. The van der Waals surface area contributed by atoms with Gasteiger partial charge in [-0.2, -0.15) is 0 Å². The van der Waals surface area contributed by atoms with Gasteiger partial charge in [-0.3, -0.25) is 0 Å². The summed E-state index contributed by atoms with van der Waals surface area (Å²) in [6, 6.07) is 53.5. The lowest BCUT2D eigenvalue weighted by molar-refractivity contribution is 1.18. The second kappa shape index (κ2) is 10.0. The molecule has 3 nitrogen and oxygen atoms in total. The Labute approximate surface area is 258 Å². The summed E-state index contributed by atoms with van der Waals surface area (Å²) < 4.78 is 4.69. The summed E-state index contributed by atoms with van der Waals surface area (Å²) in [6.45, 7) is 0. The molecule has 4 heteroatoms. The zero-order chi connectivity index (χ0) is 29.0. The normalized spacial score (nSPS) is 11.6. The van der Waals surface area contributed by atoms with Crippen molar-refractivity contribution in [1.82, 2.24) is 14.5 Å². The van der Waals surface area contributed by atoms with Crippen LogP contribution >= 0.6 is 11.3 Å². The minimum Gasteiger partial charge on any atom is -0.309 e. The van der Waals surface area contributed by atoms with Gasteiger partial charge >= 0.3 is 0 Å². The smallest absolute Gasteiger partial charge is 0.160 e. The van der Waals surface area contributed by atoms with E-state index in [1.165, 1.54) is 43.0 Å². The highest BCUT2D eigenvalue weighted by molar-refractivity contribution is 7.26. The summed E-state index contributed by atoms with van der Waals surface area (Å²) in [6.07, 6.45) is 0. The maximum absolute atomic E-state index is 5.31. The van der Waals surface area contributed by atoms with Gasteiger partial charge in [0.1, 0.15) is 0 Å². The first-order valence-electron chi connectivity index (χ1n) is 14.8. The molecule has 9 rings (SSSR count). The van der Waals surface area contributed by atoms with E-state index >= 15 is 0 Å². The van der Waals surface area contributed by atoms with E-state index in [2.05, 4.69) is 150 Å². The van der Waals surface area contributed by atoms with E-state index in [-0.39, 0.29) is 0 Å². The van der Waals surface area contributed by atoms with Crippen LogP contribution in [0.25, 0.3) is 81.6 Å². The van der Waals surface area contributed by atoms with E-state index in [0.717, 1.165) is 38.5 Å². The fraction of sp³-hybridized carbons (Fsp3) is 0. The molecular weight excluding hydrogens is 555 g/mol. The van der Waals surface area contributed by atoms with Crippen LogP contribution < -0.4 is 0 Å². The quantitative estimate of drug-likeness (QED) is 0.208. The lowest BCUT2D eigenvalue weighted by Gasteiger charge is -2.09. The number of rotatable bonds is 4. The summed E-state index contributed by atoms with van der Waals surface area (Å²) >= 11 is 1.78. The number of para-hydroxylation sites is 2. The van der Waals surface area contributed by atoms with Gasteiger partial charge in [0, 0.05) is 37.7 Å². The Morgan fingerprint density at radius 2 is 1.07 bits per heavy atom. The van der Waals surface area contributed by atoms with Gasteiger partial charge in [0.25, 0.3) is 0 Å². The van der Waals surface area contributed by atoms with Crippen LogP contribution in [0.15, 0.2) is 152 Å². The molecule has 0 fully saturated rings. The third-order valence-corrected chi connectivity index (χ3v) is 9.58. The summed E-state index contributed by atoms with van der Waals surface area (Å²) in [5.74, 6) is 0.740. The van der Waals surface area contributed by atoms with E-state index in [4.69, 9.17) is 9.97 Å². The molecule has 3 aromatic heterocycles. The monoisotopic (exact) mass is 579 g/mol. The molecule has 0 radical (unpaired) electrons. The van der Waals surface area contributed by atoms with Crippen LogP contribution in [0.4, 0.5) is 0 Å². The first kappa shape index (κ1) is 25.0. The minimum atomic E-state index is 0.740. The van der Waals surface area contributed by atoms with Gasteiger partial charge in [0.15, 0.2) is 5.82 Å². The molecule has 0 atom stereocenters. The van der Waals surface area contributed by atoms with Crippen LogP contribution in [-0.2, 0) is 0 Å². The summed E-state index contributed by atoms with van der Waals surface area (Å²) in [4.78, 5) is 10.5. The van der Waals surface area contributed by atoms with E-state index in [9.17, 15) is 0 Å². The van der Waals surface area contributed by atoms with Crippen molar-refractivity contribution in [2.75, 3.05) is 0 Å². The lowest BCUT2D eigenvalue weighted by atomic mass is 10.0. The fourth-order valence-corrected chi connectivity index (χ4v) is 7.57. The molecule has 44 heavy (non-hydrogen) atoms. The molecule has 0 N–H and O–H groups in total. The number of aromatic nitrogens is 3. The Morgan fingerprint density at radius 1 is 0.455 bits per heavy atom. The SMILES string of the molecule is c1ccc(-c2ccc(-c3nc(-c4ccccc4)nc4c3sc3ccc5c(c6ccccc6n5-c5ccccc5)c34)cc2)cc1. The molecule has 0 saturated carbocycles. The molecule has 0 bridgehead atoms. The maximum atomic E-state index is 5.31. The Balaban J connectivity index is 1.37. The number of fused-ring (bicyclic) bond motifs is 7. The molecule has 9 aromatic rings. The largest absolute Gasteiger partial charge is 0.309 e. The zero-order valence-corrected chi connectivity index (χ0v) is 24.5. The van der Waals surface area contributed by atoms with Gasteiger partial charge in [0.05, 0.1) is 26.9 Å². The molecule has 0 spiro atoms. The van der Waals surface area contributed by atoms with Gasteiger partial charge in [-0.25, -0.2) is 9.97 Å². The van der Waals surface area contributed by atoms with Crippen molar-refractivity contribution in [1.29, 1.82) is 0 Å². The van der Waals surface area contributed by atoms with Crippen molar-refractivity contribution in [3.05, 3.63) is 152 Å². The Morgan fingerprint density at radius 3 is 1.82 bits per heavy atom. The molecule has 0 amide bonds. The van der Waals surface area contributed by atoms with Crippen molar-refractivity contribution in [2.45, 2.75) is 0 Å². The number of hydrogen-bond acceptors (Lipinski definition) is 3. The van der Waals surface area contributed by atoms with Crippen LogP contribution in [0, 0.1) is 0 Å².